The van der Waals surface area contributed by atoms with E-state index in [1.807, 2.05) is 24.3 Å². The number of anilines is 1. The van der Waals surface area contributed by atoms with Gasteiger partial charge in [-0.25, -0.2) is 4.39 Å². The monoisotopic (exact) mass is 263 g/mol. The number of thioether (sulfide) groups is 1. The zero-order valence-electron chi connectivity index (χ0n) is 10.0. The van der Waals surface area contributed by atoms with Crippen LogP contribution in [0.15, 0.2) is 47.4 Å². The quantitative estimate of drug-likeness (QED) is 0.674. The van der Waals surface area contributed by atoms with Crippen molar-refractivity contribution in [2.45, 2.75) is 10.6 Å². The molecule has 0 atom stereocenters. The molecule has 0 spiro atoms. The van der Waals surface area contributed by atoms with Crippen molar-refractivity contribution < 1.29 is 9.13 Å². The largest absolute Gasteiger partial charge is 0.495 e. The Morgan fingerprint density at radius 3 is 2.67 bits per heavy atom. The first kappa shape index (κ1) is 12.8. The molecule has 2 N–H and O–H groups in total. The Kier molecular flexibility index (Phi) is 4.10. The van der Waals surface area contributed by atoms with Crippen LogP contribution in [-0.2, 0) is 5.75 Å². The third kappa shape index (κ3) is 2.96. The molecular weight excluding hydrogens is 249 g/mol. The molecule has 0 aliphatic rings. The van der Waals surface area contributed by atoms with E-state index in [9.17, 15) is 4.39 Å². The summed E-state index contributed by atoms with van der Waals surface area (Å²) in [6.45, 7) is 0. The molecule has 0 unspecified atom stereocenters. The molecule has 0 radical (unpaired) electrons. The van der Waals surface area contributed by atoms with Gasteiger partial charge in [0.05, 0.1) is 12.8 Å². The highest BCUT2D eigenvalue weighted by atomic mass is 32.2. The Bertz CT molecular complexity index is 545. The van der Waals surface area contributed by atoms with Crippen molar-refractivity contribution in [2.24, 2.45) is 0 Å². The molecule has 0 aliphatic carbocycles. The highest BCUT2D eigenvalue weighted by molar-refractivity contribution is 7.98. The molecular formula is C14H14FNOS. The molecule has 18 heavy (non-hydrogen) atoms. The number of hydrogen-bond donors (Lipinski definition) is 1. The first-order valence-electron chi connectivity index (χ1n) is 5.50. The molecule has 2 aromatic carbocycles. The molecule has 0 aliphatic heterocycles. The molecule has 2 aromatic rings. The minimum atomic E-state index is -0.191. The Hall–Kier alpha value is -1.68. The molecule has 0 saturated carbocycles. The summed E-state index contributed by atoms with van der Waals surface area (Å²) in [7, 11) is 1.58. The Labute approximate surface area is 110 Å². The van der Waals surface area contributed by atoms with Crippen molar-refractivity contribution in [1.29, 1.82) is 0 Å². The minimum Gasteiger partial charge on any atom is -0.495 e. The summed E-state index contributed by atoms with van der Waals surface area (Å²) >= 11 is 1.45. The van der Waals surface area contributed by atoms with Crippen LogP contribution in [0.1, 0.15) is 5.56 Å². The second kappa shape index (κ2) is 5.78. The summed E-state index contributed by atoms with van der Waals surface area (Å²) in [5, 5.41) is 0. The van der Waals surface area contributed by atoms with Crippen LogP contribution in [0.25, 0.3) is 0 Å². The summed E-state index contributed by atoms with van der Waals surface area (Å²) < 4.78 is 18.5. The van der Waals surface area contributed by atoms with Crippen molar-refractivity contribution in [2.75, 3.05) is 12.8 Å². The molecule has 0 aromatic heterocycles. The van der Waals surface area contributed by atoms with Gasteiger partial charge >= 0.3 is 0 Å². The lowest BCUT2D eigenvalue weighted by Crippen LogP contribution is -1.93. The standard InChI is InChI=1S/C14H14FNOS/c1-17-13-7-6-10(8-12(13)16)9-18-14-5-3-2-4-11(14)15/h2-8H,9,16H2,1H3. The van der Waals surface area contributed by atoms with Gasteiger partial charge in [0.1, 0.15) is 11.6 Å². The van der Waals surface area contributed by atoms with Gasteiger partial charge in [0.15, 0.2) is 0 Å². The smallest absolute Gasteiger partial charge is 0.141 e. The second-order valence-electron chi connectivity index (χ2n) is 3.80. The van der Waals surface area contributed by atoms with Gasteiger partial charge in [-0.2, -0.15) is 0 Å². The van der Waals surface area contributed by atoms with Crippen LogP contribution in [0.2, 0.25) is 0 Å². The van der Waals surface area contributed by atoms with E-state index in [4.69, 9.17) is 10.5 Å². The number of nitrogen functional groups attached to an aromatic ring is 1. The van der Waals surface area contributed by atoms with Gasteiger partial charge in [0.25, 0.3) is 0 Å². The predicted molar refractivity (Wildman–Crippen MR) is 73.4 cm³/mol. The van der Waals surface area contributed by atoms with Crippen molar-refractivity contribution in [3.8, 4) is 5.75 Å². The van der Waals surface area contributed by atoms with E-state index in [-0.39, 0.29) is 5.82 Å². The topological polar surface area (TPSA) is 35.2 Å². The SMILES string of the molecule is COc1ccc(CSc2ccccc2F)cc1N. The van der Waals surface area contributed by atoms with E-state index in [1.54, 1.807) is 19.2 Å². The van der Waals surface area contributed by atoms with Gasteiger partial charge in [0.2, 0.25) is 0 Å². The molecule has 4 heteroatoms. The van der Waals surface area contributed by atoms with Gasteiger partial charge in [-0.1, -0.05) is 18.2 Å². The predicted octanol–water partition coefficient (Wildman–Crippen LogP) is 3.71. The van der Waals surface area contributed by atoms with Gasteiger partial charge in [-0.15, -0.1) is 11.8 Å². The van der Waals surface area contributed by atoms with Gasteiger partial charge < -0.3 is 10.5 Å². The van der Waals surface area contributed by atoms with Crippen LogP contribution in [0, 0.1) is 5.82 Å². The van der Waals surface area contributed by atoms with E-state index in [0.29, 0.717) is 22.1 Å². The molecule has 0 bridgehead atoms. The van der Waals surface area contributed by atoms with Crippen molar-refractivity contribution >= 4 is 17.4 Å². The number of methoxy groups -OCH3 is 1. The van der Waals surface area contributed by atoms with Crippen LogP contribution >= 0.6 is 11.8 Å². The Balaban J connectivity index is 2.07. The first-order chi connectivity index (χ1) is 8.70. The van der Waals surface area contributed by atoms with Crippen LogP contribution in [0.4, 0.5) is 10.1 Å². The summed E-state index contributed by atoms with van der Waals surface area (Å²) in [4.78, 5) is 0.645. The van der Waals surface area contributed by atoms with Gasteiger partial charge in [-0.3, -0.25) is 0 Å². The fourth-order valence-corrected chi connectivity index (χ4v) is 2.48. The van der Waals surface area contributed by atoms with E-state index < -0.39 is 0 Å². The molecule has 0 heterocycles. The zero-order chi connectivity index (χ0) is 13.0. The lowest BCUT2D eigenvalue weighted by molar-refractivity contribution is 0.417. The average Bonchev–Trinajstić information content (AvgIpc) is 2.38. The zero-order valence-corrected chi connectivity index (χ0v) is 10.8. The summed E-state index contributed by atoms with van der Waals surface area (Å²) in [5.74, 6) is 1.15. The lowest BCUT2D eigenvalue weighted by Gasteiger charge is -2.07. The third-order valence-corrected chi connectivity index (χ3v) is 3.64. The van der Waals surface area contributed by atoms with E-state index in [1.165, 1.54) is 17.8 Å². The van der Waals surface area contributed by atoms with Crippen LogP contribution in [0.3, 0.4) is 0 Å². The average molecular weight is 263 g/mol. The molecule has 0 amide bonds. The lowest BCUT2D eigenvalue weighted by atomic mass is 10.2. The minimum absolute atomic E-state index is 0.191. The maximum Gasteiger partial charge on any atom is 0.141 e. The fraction of sp³-hybridized carbons (Fsp3) is 0.143. The van der Waals surface area contributed by atoms with E-state index in [0.717, 1.165) is 5.56 Å². The number of rotatable bonds is 4. The molecule has 2 nitrogen and oxygen atoms in total. The van der Waals surface area contributed by atoms with Crippen molar-refractivity contribution in [3.63, 3.8) is 0 Å². The molecule has 0 fully saturated rings. The number of halogens is 1. The number of ether oxygens (including phenoxy) is 1. The maximum atomic E-state index is 13.4. The van der Waals surface area contributed by atoms with Crippen LogP contribution in [0.5, 0.6) is 5.75 Å². The third-order valence-electron chi connectivity index (χ3n) is 2.53. The summed E-state index contributed by atoms with van der Waals surface area (Å²) in [6.07, 6.45) is 0. The number of nitrogens with two attached hydrogens (primary N) is 1. The van der Waals surface area contributed by atoms with Crippen molar-refractivity contribution in [1.82, 2.24) is 0 Å². The summed E-state index contributed by atoms with van der Waals surface area (Å²) in [6, 6.07) is 12.4. The fourth-order valence-electron chi connectivity index (χ4n) is 1.60. The van der Waals surface area contributed by atoms with Gasteiger partial charge in [-0.05, 0) is 29.8 Å². The van der Waals surface area contributed by atoms with E-state index in [2.05, 4.69) is 0 Å². The van der Waals surface area contributed by atoms with Crippen LogP contribution < -0.4 is 10.5 Å². The summed E-state index contributed by atoms with van der Waals surface area (Å²) in [5.41, 5.74) is 7.47. The number of hydrogen-bond acceptors (Lipinski definition) is 3. The number of benzene rings is 2. The van der Waals surface area contributed by atoms with Gasteiger partial charge in [0, 0.05) is 10.6 Å². The molecule has 0 saturated heterocycles. The van der Waals surface area contributed by atoms with E-state index >= 15 is 0 Å². The molecule has 94 valence electrons. The second-order valence-corrected chi connectivity index (χ2v) is 4.81. The highest BCUT2D eigenvalue weighted by Gasteiger charge is 2.04. The normalized spacial score (nSPS) is 10.3. The Morgan fingerprint density at radius 2 is 2.00 bits per heavy atom. The molecule has 2 rings (SSSR count). The van der Waals surface area contributed by atoms with Crippen LogP contribution in [-0.4, -0.2) is 7.11 Å². The maximum absolute atomic E-state index is 13.4. The highest BCUT2D eigenvalue weighted by Crippen LogP contribution is 2.28. The first-order valence-corrected chi connectivity index (χ1v) is 6.49. The Morgan fingerprint density at radius 1 is 1.22 bits per heavy atom. The van der Waals surface area contributed by atoms with Crippen molar-refractivity contribution in [3.05, 3.63) is 53.8 Å².